The molecule has 1 aromatic carbocycles. The highest BCUT2D eigenvalue weighted by molar-refractivity contribution is 6.33. The molecule has 21 heavy (non-hydrogen) atoms. The van der Waals surface area contributed by atoms with Crippen molar-refractivity contribution in [1.29, 1.82) is 0 Å². The summed E-state index contributed by atoms with van der Waals surface area (Å²) in [5.41, 5.74) is 6.75. The third kappa shape index (κ3) is 4.07. The number of nitrogen functional groups attached to an aromatic ring is 1. The van der Waals surface area contributed by atoms with Gasteiger partial charge in [-0.25, -0.2) is 0 Å². The molecule has 1 fully saturated rings. The molecule has 6 nitrogen and oxygen atoms in total. The van der Waals surface area contributed by atoms with Crippen LogP contribution in [0.2, 0.25) is 5.02 Å². The number of halogens is 1. The minimum Gasteiger partial charge on any atom is -0.397 e. The predicted molar refractivity (Wildman–Crippen MR) is 82.4 cm³/mol. The summed E-state index contributed by atoms with van der Waals surface area (Å²) >= 11 is 5.85. The molecule has 1 aromatic rings. The van der Waals surface area contributed by atoms with Crippen LogP contribution in [-0.2, 0) is 9.53 Å². The van der Waals surface area contributed by atoms with Crippen LogP contribution >= 0.6 is 11.6 Å². The van der Waals surface area contributed by atoms with Crippen LogP contribution in [0.3, 0.4) is 0 Å². The summed E-state index contributed by atoms with van der Waals surface area (Å²) in [5, 5.41) is 12.4. The van der Waals surface area contributed by atoms with E-state index in [-0.39, 0.29) is 24.7 Å². The van der Waals surface area contributed by atoms with E-state index in [0.29, 0.717) is 36.1 Å². The molecule has 0 spiro atoms. The molecule has 4 N–H and O–H groups in total. The van der Waals surface area contributed by atoms with Crippen LogP contribution in [-0.4, -0.2) is 54.4 Å². The summed E-state index contributed by atoms with van der Waals surface area (Å²) in [4.78, 5) is 14.3. The molecule has 0 bridgehead atoms. The van der Waals surface area contributed by atoms with E-state index >= 15 is 0 Å². The van der Waals surface area contributed by atoms with Crippen LogP contribution in [0.1, 0.15) is 6.92 Å². The Morgan fingerprint density at radius 3 is 3.10 bits per heavy atom. The Labute approximate surface area is 128 Å². The molecule has 0 radical (unpaired) electrons. The van der Waals surface area contributed by atoms with Gasteiger partial charge in [-0.15, -0.1) is 0 Å². The smallest absolute Gasteiger partial charge is 0.241 e. The lowest BCUT2D eigenvalue weighted by Crippen LogP contribution is -2.51. The summed E-state index contributed by atoms with van der Waals surface area (Å²) in [6.45, 7) is 3.49. The number of amides is 1. The lowest BCUT2D eigenvalue weighted by molar-refractivity contribution is -0.125. The summed E-state index contributed by atoms with van der Waals surface area (Å²) in [5.74, 6) is -0.129. The van der Waals surface area contributed by atoms with Gasteiger partial charge in [0.25, 0.3) is 0 Å². The number of aliphatic hydroxyl groups excluding tert-OH is 1. The van der Waals surface area contributed by atoms with Crippen molar-refractivity contribution in [3.8, 4) is 0 Å². The lowest BCUT2D eigenvalue weighted by Gasteiger charge is -2.35. The number of carbonyl (C=O) groups is 1. The number of nitrogens with zero attached hydrogens (tertiary/aromatic N) is 1. The third-order valence-corrected chi connectivity index (χ3v) is 3.91. The van der Waals surface area contributed by atoms with Gasteiger partial charge < -0.3 is 20.9 Å². The van der Waals surface area contributed by atoms with Crippen molar-refractivity contribution in [2.75, 3.05) is 37.4 Å². The normalized spacial score (nSPS) is 21.0. The molecule has 1 aliphatic heterocycles. The average Bonchev–Trinajstić information content (AvgIpc) is 2.50. The Hall–Kier alpha value is -1.34. The van der Waals surface area contributed by atoms with E-state index in [1.165, 1.54) is 0 Å². The van der Waals surface area contributed by atoms with E-state index in [2.05, 4.69) is 5.32 Å². The number of nitrogens with two attached hydrogens (primary N) is 1. The third-order valence-electron chi connectivity index (χ3n) is 3.56. The maximum atomic E-state index is 12.3. The molecule has 1 saturated heterocycles. The molecule has 2 atom stereocenters. The number of anilines is 2. The molecular formula is C14H20ClN3O3. The minimum absolute atomic E-state index is 0.0431. The largest absolute Gasteiger partial charge is 0.397 e. The fourth-order valence-corrected chi connectivity index (χ4v) is 2.36. The van der Waals surface area contributed by atoms with Crippen molar-refractivity contribution < 1.29 is 14.6 Å². The van der Waals surface area contributed by atoms with Gasteiger partial charge in [0, 0.05) is 18.8 Å². The number of benzene rings is 1. The van der Waals surface area contributed by atoms with Crippen LogP contribution in [0.25, 0.3) is 0 Å². The van der Waals surface area contributed by atoms with Gasteiger partial charge in [-0.05, 0) is 25.1 Å². The van der Waals surface area contributed by atoms with Gasteiger partial charge in [0.15, 0.2) is 0 Å². The van der Waals surface area contributed by atoms with E-state index in [1.54, 1.807) is 18.2 Å². The zero-order valence-electron chi connectivity index (χ0n) is 11.9. The van der Waals surface area contributed by atoms with E-state index in [0.717, 1.165) is 0 Å². The second kappa shape index (κ2) is 7.09. The fourth-order valence-electron chi connectivity index (χ4n) is 2.24. The molecule has 0 saturated carbocycles. The van der Waals surface area contributed by atoms with Crippen molar-refractivity contribution in [1.82, 2.24) is 4.90 Å². The first-order valence-electron chi connectivity index (χ1n) is 6.83. The average molecular weight is 314 g/mol. The number of nitrogens with one attached hydrogen (secondary N) is 1. The number of morpholine rings is 1. The number of hydrogen-bond donors (Lipinski definition) is 3. The summed E-state index contributed by atoms with van der Waals surface area (Å²) in [6.07, 6.45) is -0.236. The highest BCUT2D eigenvalue weighted by Crippen LogP contribution is 2.22. The van der Waals surface area contributed by atoms with E-state index in [9.17, 15) is 4.79 Å². The Kier molecular flexibility index (Phi) is 5.41. The Morgan fingerprint density at radius 1 is 1.67 bits per heavy atom. The van der Waals surface area contributed by atoms with E-state index < -0.39 is 0 Å². The Bertz CT molecular complexity index is 512. The van der Waals surface area contributed by atoms with Crippen LogP contribution in [0.4, 0.5) is 11.4 Å². The first-order chi connectivity index (χ1) is 10.0. The van der Waals surface area contributed by atoms with Crippen molar-refractivity contribution in [3.05, 3.63) is 23.2 Å². The number of hydrogen-bond acceptors (Lipinski definition) is 5. The van der Waals surface area contributed by atoms with Gasteiger partial charge >= 0.3 is 0 Å². The molecule has 1 amide bonds. The quantitative estimate of drug-likeness (QED) is 0.720. The molecule has 0 aromatic heterocycles. The first kappa shape index (κ1) is 16.0. The topological polar surface area (TPSA) is 87.8 Å². The zero-order valence-corrected chi connectivity index (χ0v) is 12.6. The summed E-state index contributed by atoms with van der Waals surface area (Å²) < 4.78 is 5.38. The molecule has 7 heteroatoms. The van der Waals surface area contributed by atoms with Gasteiger partial charge in [-0.1, -0.05) is 11.6 Å². The molecule has 2 rings (SSSR count). The minimum atomic E-state index is -0.320. The highest BCUT2D eigenvalue weighted by atomic mass is 35.5. The maximum absolute atomic E-state index is 12.3. The fraction of sp³-hybridized carbons (Fsp3) is 0.500. The van der Waals surface area contributed by atoms with Crippen LogP contribution in [0.15, 0.2) is 18.2 Å². The molecule has 116 valence electrons. The standard InChI is InChI=1S/C14H20ClN3O3/c1-9(18-4-5-21-11(7-18)8-19)14(20)17-10-2-3-12(15)13(16)6-10/h2-3,6,9,11,19H,4-5,7-8,16H2,1H3,(H,17,20). The van der Waals surface area contributed by atoms with Gasteiger partial charge in [0.05, 0.1) is 36.1 Å². The van der Waals surface area contributed by atoms with Crippen LogP contribution < -0.4 is 11.1 Å². The van der Waals surface area contributed by atoms with Crippen molar-refractivity contribution >= 4 is 28.9 Å². The van der Waals surface area contributed by atoms with Crippen LogP contribution in [0.5, 0.6) is 0 Å². The van der Waals surface area contributed by atoms with Crippen LogP contribution in [0, 0.1) is 0 Å². The van der Waals surface area contributed by atoms with E-state index in [1.807, 2.05) is 11.8 Å². The van der Waals surface area contributed by atoms with Gasteiger partial charge in [-0.3, -0.25) is 9.69 Å². The molecule has 2 unspecified atom stereocenters. The van der Waals surface area contributed by atoms with E-state index in [4.69, 9.17) is 27.2 Å². The molecule has 1 aliphatic rings. The molecular weight excluding hydrogens is 294 g/mol. The lowest BCUT2D eigenvalue weighted by atomic mass is 10.2. The zero-order chi connectivity index (χ0) is 15.4. The van der Waals surface area contributed by atoms with Crippen molar-refractivity contribution in [3.63, 3.8) is 0 Å². The van der Waals surface area contributed by atoms with Crippen molar-refractivity contribution in [2.45, 2.75) is 19.1 Å². The monoisotopic (exact) mass is 313 g/mol. The van der Waals surface area contributed by atoms with Crippen molar-refractivity contribution in [2.24, 2.45) is 0 Å². The van der Waals surface area contributed by atoms with Gasteiger partial charge in [-0.2, -0.15) is 0 Å². The Balaban J connectivity index is 1.97. The number of ether oxygens (including phenoxy) is 1. The predicted octanol–water partition coefficient (Wildman–Crippen LogP) is 0.942. The number of aliphatic hydroxyl groups is 1. The van der Waals surface area contributed by atoms with Gasteiger partial charge in [0.2, 0.25) is 5.91 Å². The summed E-state index contributed by atoms with van der Waals surface area (Å²) in [6, 6.07) is 4.66. The highest BCUT2D eigenvalue weighted by Gasteiger charge is 2.27. The summed E-state index contributed by atoms with van der Waals surface area (Å²) in [7, 11) is 0. The molecule has 1 heterocycles. The number of carbonyl (C=O) groups excluding carboxylic acids is 1. The van der Waals surface area contributed by atoms with Gasteiger partial charge in [0.1, 0.15) is 0 Å². The number of rotatable bonds is 4. The second-order valence-corrected chi connectivity index (χ2v) is 5.48. The Morgan fingerprint density at radius 2 is 2.43 bits per heavy atom. The second-order valence-electron chi connectivity index (χ2n) is 5.07. The first-order valence-corrected chi connectivity index (χ1v) is 7.21. The maximum Gasteiger partial charge on any atom is 0.241 e. The SMILES string of the molecule is CC(C(=O)Nc1ccc(Cl)c(N)c1)N1CCOC(CO)C1. The molecule has 0 aliphatic carbocycles.